The van der Waals surface area contributed by atoms with E-state index < -0.39 is 11.5 Å². The van der Waals surface area contributed by atoms with Crippen molar-refractivity contribution < 1.29 is 4.39 Å². The highest BCUT2D eigenvalue weighted by molar-refractivity contribution is 6.31. The summed E-state index contributed by atoms with van der Waals surface area (Å²) in [6.07, 6.45) is 11.0. The van der Waals surface area contributed by atoms with Crippen molar-refractivity contribution in [1.82, 2.24) is 25.2 Å². The number of aromatic nitrogens is 3. The summed E-state index contributed by atoms with van der Waals surface area (Å²) in [6, 6.07) is 13.8. The van der Waals surface area contributed by atoms with Crippen molar-refractivity contribution in [2.45, 2.75) is 89.3 Å². The van der Waals surface area contributed by atoms with Crippen molar-refractivity contribution in [3.8, 4) is 16.9 Å². The highest BCUT2D eigenvalue weighted by Gasteiger charge is 2.31. The Kier molecular flexibility index (Phi) is 9.13. The van der Waals surface area contributed by atoms with E-state index in [4.69, 9.17) is 22.7 Å². The number of hydrogen-bond acceptors (Lipinski definition) is 5. The lowest BCUT2D eigenvalue weighted by Gasteiger charge is -2.40. The third-order valence-electron chi connectivity index (χ3n) is 9.50. The fourth-order valence-corrected chi connectivity index (χ4v) is 6.96. The van der Waals surface area contributed by atoms with Crippen molar-refractivity contribution in [3.05, 3.63) is 81.1 Å². The van der Waals surface area contributed by atoms with E-state index in [1.807, 2.05) is 24.3 Å². The number of halogens is 2. The van der Waals surface area contributed by atoms with Gasteiger partial charge in [0.25, 0.3) is 0 Å². The predicted octanol–water partition coefficient (Wildman–Crippen LogP) is 6.78. The summed E-state index contributed by atoms with van der Waals surface area (Å²) < 4.78 is 16.8. The van der Waals surface area contributed by atoms with Crippen LogP contribution in [0.4, 0.5) is 4.39 Å². The predicted molar refractivity (Wildman–Crippen MR) is 180 cm³/mol. The average molecular weight is 632 g/mol. The smallest absolute Gasteiger partial charge is 0.354 e. The lowest BCUT2D eigenvalue weighted by Crippen LogP contribution is -2.49. The lowest BCUT2D eigenvalue weighted by molar-refractivity contribution is 0.213. The Morgan fingerprint density at radius 2 is 2.02 bits per heavy atom. The van der Waals surface area contributed by atoms with Crippen molar-refractivity contribution in [2.24, 2.45) is 11.7 Å². The molecule has 4 aromatic rings. The number of rotatable bonds is 11. The Bertz CT molecular complexity index is 1750. The molecule has 6 rings (SSSR count). The second kappa shape index (κ2) is 13.1. The van der Waals surface area contributed by atoms with Crippen LogP contribution in [0.5, 0.6) is 0 Å². The molecule has 3 atom stereocenters. The molecule has 1 aliphatic heterocycles. The van der Waals surface area contributed by atoms with Crippen LogP contribution >= 0.6 is 11.6 Å². The number of piperidine rings is 1. The zero-order valence-corrected chi connectivity index (χ0v) is 26.8. The van der Waals surface area contributed by atoms with Gasteiger partial charge in [0.1, 0.15) is 5.65 Å². The van der Waals surface area contributed by atoms with E-state index >= 15 is 4.39 Å². The van der Waals surface area contributed by atoms with Gasteiger partial charge < -0.3 is 21.4 Å². The molecule has 2 fully saturated rings. The van der Waals surface area contributed by atoms with E-state index in [0.717, 1.165) is 57.1 Å². The lowest BCUT2D eigenvalue weighted by atomic mass is 9.83. The summed E-state index contributed by atoms with van der Waals surface area (Å²) in [4.78, 5) is 20.5. The van der Waals surface area contributed by atoms with E-state index in [2.05, 4.69) is 39.7 Å². The SMILES string of the molecule is CC(=N)NCCC1(C)CCCC(c2ccc(-n3cc4cc(-c5cc(CCCC(N)C6CC6)cc(Cl)c5F)[nH]c4nc3=O)cc2)N1. The topological polar surface area (TPSA) is 125 Å². The second-order valence-electron chi connectivity index (χ2n) is 13.3. The highest BCUT2D eigenvalue weighted by atomic mass is 35.5. The molecular weight excluding hydrogens is 589 g/mol. The maximum Gasteiger partial charge on any atom is 0.354 e. The molecule has 238 valence electrons. The first-order chi connectivity index (χ1) is 21.6. The number of amidine groups is 1. The molecule has 1 saturated carbocycles. The zero-order valence-electron chi connectivity index (χ0n) is 26.1. The first-order valence-electron chi connectivity index (χ1n) is 16.1. The van der Waals surface area contributed by atoms with Crippen LogP contribution in [0.1, 0.15) is 82.4 Å². The standard InChI is InChI=1S/C35H43ClFN7O/c1-21(38)40-16-15-35(2)14-4-7-30(43-35)24-10-12-26(13-11-24)44-20-25-19-31(41-33(25)42-34(44)45)27-17-22(18-28(36)32(27)37)5-3-6-29(39)23-8-9-23/h10-13,17-20,23,29-30,43H,3-9,14-16,39H2,1-2H3,(H2,38,40)(H,41,42,45). The molecule has 0 radical (unpaired) electrons. The van der Waals surface area contributed by atoms with Crippen LogP contribution < -0.4 is 22.1 Å². The van der Waals surface area contributed by atoms with Gasteiger partial charge in [-0.3, -0.25) is 9.98 Å². The van der Waals surface area contributed by atoms with Gasteiger partial charge in [-0.05, 0) is 119 Å². The quantitative estimate of drug-likeness (QED) is 0.0922. The van der Waals surface area contributed by atoms with Crippen LogP contribution in [0.15, 0.2) is 53.5 Å². The minimum Gasteiger partial charge on any atom is -0.374 e. The van der Waals surface area contributed by atoms with Gasteiger partial charge in [0, 0.05) is 41.3 Å². The van der Waals surface area contributed by atoms with Gasteiger partial charge in [0.2, 0.25) is 0 Å². The number of aryl methyl sites for hydroxylation is 1. The van der Waals surface area contributed by atoms with Crippen molar-refractivity contribution in [3.63, 3.8) is 0 Å². The van der Waals surface area contributed by atoms with Crippen LogP contribution in [0.3, 0.4) is 0 Å². The minimum absolute atomic E-state index is 0.00524. The van der Waals surface area contributed by atoms with Gasteiger partial charge >= 0.3 is 5.69 Å². The number of nitrogens with two attached hydrogens (primary N) is 1. The Labute approximate surface area is 268 Å². The van der Waals surface area contributed by atoms with E-state index in [-0.39, 0.29) is 22.6 Å². The van der Waals surface area contributed by atoms with Gasteiger partial charge in [0.05, 0.1) is 22.2 Å². The Balaban J connectivity index is 1.19. The molecule has 2 aromatic carbocycles. The Hall–Kier alpha value is -3.53. The largest absolute Gasteiger partial charge is 0.374 e. The Morgan fingerprint density at radius 3 is 2.76 bits per heavy atom. The van der Waals surface area contributed by atoms with Gasteiger partial charge in [0.15, 0.2) is 5.82 Å². The van der Waals surface area contributed by atoms with E-state index in [1.165, 1.54) is 23.0 Å². The van der Waals surface area contributed by atoms with Gasteiger partial charge in [-0.25, -0.2) is 9.18 Å². The maximum atomic E-state index is 15.2. The van der Waals surface area contributed by atoms with Crippen LogP contribution in [0, 0.1) is 17.1 Å². The third-order valence-corrected chi connectivity index (χ3v) is 9.78. The first kappa shape index (κ1) is 31.5. The minimum atomic E-state index is -0.499. The third kappa shape index (κ3) is 7.32. The number of nitrogens with one attached hydrogen (secondary N) is 4. The summed E-state index contributed by atoms with van der Waals surface area (Å²) in [5.74, 6) is 0.646. The summed E-state index contributed by atoms with van der Waals surface area (Å²) in [7, 11) is 0. The van der Waals surface area contributed by atoms with Gasteiger partial charge in [-0.1, -0.05) is 23.7 Å². The summed E-state index contributed by atoms with van der Waals surface area (Å²) in [5, 5.41) is 15.3. The number of fused-ring (bicyclic) bond motifs is 1. The molecule has 1 aliphatic carbocycles. The normalized spacial score (nSPS) is 20.8. The van der Waals surface area contributed by atoms with Crippen molar-refractivity contribution in [1.29, 1.82) is 5.41 Å². The molecule has 0 bridgehead atoms. The molecule has 45 heavy (non-hydrogen) atoms. The molecular formula is C35H43ClFN7O. The molecule has 3 heterocycles. The molecule has 8 nitrogen and oxygen atoms in total. The molecule has 0 spiro atoms. The van der Waals surface area contributed by atoms with Crippen molar-refractivity contribution in [2.75, 3.05) is 6.54 Å². The number of nitrogens with zero attached hydrogens (tertiary/aromatic N) is 2. The van der Waals surface area contributed by atoms with E-state index in [0.29, 0.717) is 39.7 Å². The van der Waals surface area contributed by atoms with Crippen LogP contribution in [0.2, 0.25) is 5.02 Å². The zero-order chi connectivity index (χ0) is 31.7. The molecule has 0 amide bonds. The molecule has 1 saturated heterocycles. The van der Waals surface area contributed by atoms with Crippen molar-refractivity contribution >= 4 is 28.5 Å². The molecule has 2 aromatic heterocycles. The van der Waals surface area contributed by atoms with E-state index in [1.54, 1.807) is 19.2 Å². The summed E-state index contributed by atoms with van der Waals surface area (Å²) in [6.45, 7) is 4.78. The number of aromatic amines is 1. The molecule has 10 heteroatoms. The fourth-order valence-electron chi connectivity index (χ4n) is 6.71. The monoisotopic (exact) mass is 631 g/mol. The average Bonchev–Trinajstić information content (AvgIpc) is 3.78. The second-order valence-corrected chi connectivity index (χ2v) is 13.7. The number of benzene rings is 2. The van der Waals surface area contributed by atoms with Crippen LogP contribution in [-0.2, 0) is 6.42 Å². The Morgan fingerprint density at radius 1 is 1.24 bits per heavy atom. The highest BCUT2D eigenvalue weighted by Crippen LogP contribution is 2.35. The molecule has 2 aliphatic rings. The van der Waals surface area contributed by atoms with Gasteiger partial charge in [-0.2, -0.15) is 4.98 Å². The molecule has 6 N–H and O–H groups in total. The van der Waals surface area contributed by atoms with Crippen LogP contribution in [-0.4, -0.2) is 38.5 Å². The number of hydrogen-bond donors (Lipinski definition) is 5. The summed E-state index contributed by atoms with van der Waals surface area (Å²) >= 11 is 6.32. The summed E-state index contributed by atoms with van der Waals surface area (Å²) in [5.41, 5.74) is 9.98. The van der Waals surface area contributed by atoms with Gasteiger partial charge in [-0.15, -0.1) is 0 Å². The maximum absolute atomic E-state index is 15.2. The van der Waals surface area contributed by atoms with E-state index in [9.17, 15) is 4.79 Å². The fraction of sp³-hybridized carbons (Fsp3) is 0.457. The number of H-pyrrole nitrogens is 1. The van der Waals surface area contributed by atoms with Crippen LogP contribution in [0.25, 0.3) is 28.0 Å². The first-order valence-corrected chi connectivity index (χ1v) is 16.5. The molecule has 3 unspecified atom stereocenters.